The number of fused-ring (bicyclic) bond motifs is 5. The molecule has 0 aliphatic heterocycles. The monoisotopic (exact) mass is 593 g/mol. The van der Waals surface area contributed by atoms with Crippen LogP contribution in [0.2, 0.25) is 0 Å². The summed E-state index contributed by atoms with van der Waals surface area (Å²) in [4.78, 5) is 0. The van der Waals surface area contributed by atoms with E-state index in [0.717, 1.165) is 54.9 Å². The van der Waals surface area contributed by atoms with Gasteiger partial charge in [-0.3, -0.25) is 0 Å². The Bertz CT molecular complexity index is 2780. The molecule has 0 amide bonds. The number of thiophene rings is 1. The smallest absolute Gasteiger partial charge is 0.0629 e. The topological polar surface area (TPSA) is 0 Å². The summed E-state index contributed by atoms with van der Waals surface area (Å²) < 4.78 is 44.8. The van der Waals surface area contributed by atoms with Crippen LogP contribution in [0.15, 0.2) is 170 Å². The lowest BCUT2D eigenvalue weighted by molar-refractivity contribution is 1.62. The van der Waals surface area contributed by atoms with Gasteiger partial charge in [-0.1, -0.05) is 139 Å². The predicted octanol–water partition coefficient (Wildman–Crippen LogP) is 13.0. The van der Waals surface area contributed by atoms with Gasteiger partial charge in [0.2, 0.25) is 0 Å². The van der Waals surface area contributed by atoms with E-state index < -0.39 is 6.04 Å². The van der Waals surface area contributed by atoms with Crippen molar-refractivity contribution >= 4 is 53.1 Å². The Morgan fingerprint density at radius 1 is 0.333 bits per heavy atom. The predicted molar refractivity (Wildman–Crippen MR) is 196 cm³/mol. The largest absolute Gasteiger partial charge is 0.135 e. The Kier molecular flexibility index (Phi) is 5.00. The van der Waals surface area contributed by atoms with E-state index in [1.165, 1.54) is 20.2 Å². The highest BCUT2D eigenvalue weighted by Crippen LogP contribution is 2.46. The minimum atomic E-state index is -0.394. The van der Waals surface area contributed by atoms with E-state index >= 15 is 0 Å². The highest BCUT2D eigenvalue weighted by Gasteiger charge is 2.18. The summed E-state index contributed by atoms with van der Waals surface area (Å²) in [6.07, 6.45) is 0. The van der Waals surface area contributed by atoms with Gasteiger partial charge in [0, 0.05) is 20.2 Å². The van der Waals surface area contributed by atoms with Crippen LogP contribution in [0.1, 0.15) is 6.85 Å². The van der Waals surface area contributed by atoms with Gasteiger partial charge in [0.15, 0.2) is 0 Å². The van der Waals surface area contributed by atoms with Crippen molar-refractivity contribution in [1.82, 2.24) is 0 Å². The van der Waals surface area contributed by atoms with Gasteiger partial charge in [0.1, 0.15) is 0 Å². The fraction of sp³-hybridized carbons (Fsp3) is 0. The third-order valence-corrected chi connectivity index (χ3v) is 9.89. The molecule has 1 heteroatoms. The first-order valence-corrected chi connectivity index (χ1v) is 15.8. The van der Waals surface area contributed by atoms with E-state index in [1.807, 2.05) is 47.7 Å². The molecule has 0 fully saturated rings. The minimum absolute atomic E-state index is 0.199. The summed E-state index contributed by atoms with van der Waals surface area (Å²) in [6, 6.07) is 47.2. The molecule has 0 unspecified atom stereocenters. The van der Waals surface area contributed by atoms with Crippen molar-refractivity contribution < 1.29 is 6.85 Å². The lowest BCUT2D eigenvalue weighted by Gasteiger charge is -2.19. The quantitative estimate of drug-likeness (QED) is 0.178. The molecular formula is C44H28S. The fourth-order valence-electron chi connectivity index (χ4n) is 6.70. The Hall–Kier alpha value is -5.50. The second-order valence-corrected chi connectivity index (χ2v) is 12.4. The molecule has 0 bridgehead atoms. The maximum absolute atomic E-state index is 8.72. The fourth-order valence-corrected chi connectivity index (χ4v) is 7.78. The third kappa shape index (κ3) is 4.36. The summed E-state index contributed by atoms with van der Waals surface area (Å²) in [7, 11) is 0. The van der Waals surface area contributed by atoms with Crippen molar-refractivity contribution in [2.45, 2.75) is 0 Å². The van der Waals surface area contributed by atoms with Crippen LogP contribution in [0.5, 0.6) is 0 Å². The lowest BCUT2D eigenvalue weighted by atomic mass is 9.84. The number of hydrogen-bond acceptors (Lipinski definition) is 1. The Morgan fingerprint density at radius 2 is 0.822 bits per heavy atom. The highest BCUT2D eigenvalue weighted by molar-refractivity contribution is 7.25. The van der Waals surface area contributed by atoms with E-state index in [-0.39, 0.29) is 29.7 Å². The van der Waals surface area contributed by atoms with Gasteiger partial charge in [0.25, 0.3) is 0 Å². The SMILES string of the molecule is [2H]c1c([2H])c([2H])c(-c2ccc3c(-c4ccccc4)c4cc(-c5ccc6sc7ccccc7c6c5)ccc4c(-c4ccccc4)c3c2)c([2H])c1[2H]. The summed E-state index contributed by atoms with van der Waals surface area (Å²) in [5.74, 6) is 0. The third-order valence-electron chi connectivity index (χ3n) is 8.74. The van der Waals surface area contributed by atoms with E-state index in [2.05, 4.69) is 103 Å². The van der Waals surface area contributed by atoms with Crippen molar-refractivity contribution in [3.05, 3.63) is 170 Å². The summed E-state index contributed by atoms with van der Waals surface area (Å²) in [5, 5.41) is 6.70. The average Bonchev–Trinajstić information content (AvgIpc) is 3.54. The molecule has 0 radical (unpaired) electrons. The van der Waals surface area contributed by atoms with Crippen LogP contribution in [0.25, 0.3) is 86.2 Å². The van der Waals surface area contributed by atoms with Crippen LogP contribution < -0.4 is 0 Å². The number of rotatable bonds is 4. The zero-order valence-electron chi connectivity index (χ0n) is 29.2. The van der Waals surface area contributed by atoms with Crippen molar-refractivity contribution in [2.75, 3.05) is 0 Å². The van der Waals surface area contributed by atoms with Crippen LogP contribution >= 0.6 is 11.3 Å². The standard InChI is InChI=1S/C44H28S/c1-4-12-29(13-5-1)32-20-23-36-39(27-32)43(30-14-6-2-7-15-30)37-24-21-33(28-40(37)44(36)31-16-8-3-9-17-31)34-22-25-42-38(26-34)35-18-10-11-19-41(35)45-42/h1-28H/i1D,4D,5D,12D,13D. The molecule has 9 aromatic rings. The highest BCUT2D eigenvalue weighted by atomic mass is 32.1. The second-order valence-electron chi connectivity index (χ2n) is 11.3. The van der Waals surface area contributed by atoms with Gasteiger partial charge in [-0.15, -0.1) is 11.3 Å². The molecule has 0 saturated carbocycles. The molecule has 0 spiro atoms. The molecule has 9 rings (SSSR count). The first kappa shape index (κ1) is 21.2. The van der Waals surface area contributed by atoms with Crippen LogP contribution in [-0.2, 0) is 0 Å². The minimum Gasteiger partial charge on any atom is -0.135 e. The van der Waals surface area contributed by atoms with Crippen LogP contribution in [0.3, 0.4) is 0 Å². The molecule has 0 aliphatic carbocycles. The molecule has 0 nitrogen and oxygen atoms in total. The van der Waals surface area contributed by atoms with Crippen molar-refractivity contribution in [3.8, 4) is 44.5 Å². The molecule has 8 aromatic carbocycles. The maximum atomic E-state index is 8.72. The van der Waals surface area contributed by atoms with Crippen molar-refractivity contribution in [2.24, 2.45) is 0 Å². The summed E-state index contributed by atoms with van der Waals surface area (Å²) >= 11 is 1.82. The van der Waals surface area contributed by atoms with Crippen molar-refractivity contribution in [3.63, 3.8) is 0 Å². The Balaban J connectivity index is 1.38. The van der Waals surface area contributed by atoms with Gasteiger partial charge >= 0.3 is 0 Å². The number of hydrogen-bond donors (Lipinski definition) is 0. The molecule has 0 aliphatic rings. The molecule has 45 heavy (non-hydrogen) atoms. The number of benzene rings is 8. The van der Waals surface area contributed by atoms with Crippen LogP contribution in [0, 0.1) is 0 Å². The average molecular weight is 594 g/mol. The van der Waals surface area contributed by atoms with Gasteiger partial charge in [-0.2, -0.15) is 0 Å². The lowest BCUT2D eigenvalue weighted by Crippen LogP contribution is -1.92. The Labute approximate surface area is 273 Å². The van der Waals surface area contributed by atoms with E-state index in [4.69, 9.17) is 6.85 Å². The zero-order chi connectivity index (χ0) is 34.1. The normalized spacial score (nSPS) is 13.1. The van der Waals surface area contributed by atoms with Gasteiger partial charge in [0.05, 0.1) is 6.85 Å². The van der Waals surface area contributed by atoms with Crippen molar-refractivity contribution in [1.29, 1.82) is 0 Å². The molecule has 0 saturated heterocycles. The molecule has 210 valence electrons. The van der Waals surface area contributed by atoms with Crippen LogP contribution in [-0.4, -0.2) is 0 Å². The molecule has 0 N–H and O–H groups in total. The summed E-state index contributed by atoms with van der Waals surface area (Å²) in [5.41, 5.74) is 7.30. The van der Waals surface area contributed by atoms with Crippen LogP contribution in [0.4, 0.5) is 0 Å². The summed E-state index contributed by atoms with van der Waals surface area (Å²) in [6.45, 7) is 0. The molecule has 1 heterocycles. The molecule has 0 atom stereocenters. The van der Waals surface area contributed by atoms with Gasteiger partial charge < -0.3 is 0 Å². The first-order chi connectivity index (χ1) is 24.4. The Morgan fingerprint density at radius 3 is 1.44 bits per heavy atom. The molecular weight excluding hydrogens is 561 g/mol. The second kappa shape index (κ2) is 10.6. The van der Waals surface area contributed by atoms with Gasteiger partial charge in [-0.05, 0) is 96.4 Å². The zero-order valence-corrected chi connectivity index (χ0v) is 25.0. The van der Waals surface area contributed by atoms with E-state index in [9.17, 15) is 0 Å². The van der Waals surface area contributed by atoms with E-state index in [1.54, 1.807) is 0 Å². The van der Waals surface area contributed by atoms with E-state index in [0.29, 0.717) is 5.56 Å². The first-order valence-electron chi connectivity index (χ1n) is 17.5. The molecule has 1 aromatic heterocycles. The maximum Gasteiger partial charge on any atom is 0.0629 e. The van der Waals surface area contributed by atoms with Gasteiger partial charge in [-0.25, -0.2) is 0 Å².